The predicted octanol–water partition coefficient (Wildman–Crippen LogP) is 1.72. The van der Waals surface area contributed by atoms with Gasteiger partial charge < -0.3 is 9.80 Å². The number of aldehydes is 1. The van der Waals surface area contributed by atoms with Crippen LogP contribution in [0.5, 0.6) is 0 Å². The van der Waals surface area contributed by atoms with E-state index in [2.05, 4.69) is 26.7 Å². The van der Waals surface area contributed by atoms with Crippen LogP contribution in [0, 0.1) is 0 Å². The average Bonchev–Trinajstić information content (AvgIpc) is 2.29. The Kier molecular flexibility index (Phi) is 5.50. The Hall–Kier alpha value is -1.20. The van der Waals surface area contributed by atoms with E-state index in [0.717, 1.165) is 13.1 Å². The zero-order valence-corrected chi connectivity index (χ0v) is 12.0. The molecule has 0 aliphatic rings. The van der Waals surface area contributed by atoms with Crippen molar-refractivity contribution in [1.29, 1.82) is 0 Å². The molecule has 1 heterocycles. The van der Waals surface area contributed by atoms with Gasteiger partial charge >= 0.3 is 0 Å². The monoisotopic (exact) mass is 270 g/mol. The third-order valence-corrected chi connectivity index (χ3v) is 3.01. The summed E-state index contributed by atoms with van der Waals surface area (Å²) in [5.41, 5.74) is 0.353. The topological polar surface area (TPSA) is 49.3 Å². The minimum Gasteiger partial charge on any atom is -0.352 e. The highest BCUT2D eigenvalue weighted by Crippen LogP contribution is 2.23. The Morgan fingerprint density at radius 3 is 2.61 bits per heavy atom. The molecule has 0 amide bonds. The molecule has 0 aliphatic carbocycles. The summed E-state index contributed by atoms with van der Waals surface area (Å²) in [4.78, 5) is 23.3. The SMILES string of the molecule is CCN(c1ncnc(Cl)c1C=O)C(C)CN(C)C. The molecule has 0 spiro atoms. The molecule has 0 saturated carbocycles. The number of carbonyl (C=O) groups excluding carboxylic acids is 1. The number of hydrogen-bond donors (Lipinski definition) is 0. The second kappa shape index (κ2) is 6.66. The molecule has 100 valence electrons. The van der Waals surface area contributed by atoms with E-state index >= 15 is 0 Å². The number of likely N-dealkylation sites (N-methyl/N-ethyl adjacent to an activating group) is 2. The summed E-state index contributed by atoms with van der Waals surface area (Å²) in [6, 6.07) is 0.231. The first-order valence-electron chi connectivity index (χ1n) is 5.88. The van der Waals surface area contributed by atoms with Crippen LogP contribution >= 0.6 is 11.6 Å². The Balaban J connectivity index is 3.08. The maximum atomic E-state index is 11.1. The largest absolute Gasteiger partial charge is 0.352 e. The summed E-state index contributed by atoms with van der Waals surface area (Å²) in [6.07, 6.45) is 2.10. The first-order chi connectivity index (χ1) is 8.51. The van der Waals surface area contributed by atoms with E-state index in [1.165, 1.54) is 6.33 Å². The first kappa shape index (κ1) is 14.9. The standard InChI is InChI=1S/C12H19ClN4O/c1-5-17(9(2)6-16(3)4)12-10(7-18)11(13)14-8-15-12/h7-9H,5-6H2,1-4H3. The Morgan fingerprint density at radius 1 is 1.44 bits per heavy atom. The van der Waals surface area contributed by atoms with Crippen molar-refractivity contribution in [3.63, 3.8) is 0 Å². The van der Waals surface area contributed by atoms with Crippen LogP contribution in [0.4, 0.5) is 5.82 Å². The minimum atomic E-state index is 0.200. The third kappa shape index (κ3) is 3.40. The van der Waals surface area contributed by atoms with Gasteiger partial charge in [0.25, 0.3) is 0 Å². The molecule has 1 aromatic heterocycles. The lowest BCUT2D eigenvalue weighted by atomic mass is 10.2. The van der Waals surface area contributed by atoms with E-state index in [1.54, 1.807) is 0 Å². The molecule has 0 aromatic carbocycles. The van der Waals surface area contributed by atoms with Crippen LogP contribution in [0.1, 0.15) is 24.2 Å². The summed E-state index contributed by atoms with van der Waals surface area (Å²) in [7, 11) is 4.02. The van der Waals surface area contributed by atoms with Crippen molar-refractivity contribution in [2.75, 3.05) is 32.1 Å². The molecular formula is C12H19ClN4O. The van der Waals surface area contributed by atoms with Crippen molar-refractivity contribution >= 4 is 23.7 Å². The van der Waals surface area contributed by atoms with E-state index < -0.39 is 0 Å². The van der Waals surface area contributed by atoms with Gasteiger partial charge in [0.2, 0.25) is 0 Å². The first-order valence-corrected chi connectivity index (χ1v) is 6.26. The maximum Gasteiger partial charge on any atom is 0.156 e. The number of halogens is 1. The summed E-state index contributed by atoms with van der Waals surface area (Å²) in [5, 5.41) is 0.200. The summed E-state index contributed by atoms with van der Waals surface area (Å²) in [5.74, 6) is 0.599. The number of hydrogen-bond acceptors (Lipinski definition) is 5. The normalized spacial score (nSPS) is 12.6. The lowest BCUT2D eigenvalue weighted by Gasteiger charge is -2.31. The lowest BCUT2D eigenvalue weighted by Crippen LogP contribution is -2.41. The molecule has 1 atom stereocenters. The van der Waals surface area contributed by atoms with Crippen molar-refractivity contribution in [3.05, 3.63) is 17.0 Å². The minimum absolute atomic E-state index is 0.200. The summed E-state index contributed by atoms with van der Waals surface area (Å²) >= 11 is 5.92. The van der Waals surface area contributed by atoms with Gasteiger partial charge in [-0.25, -0.2) is 9.97 Å². The van der Waals surface area contributed by atoms with E-state index in [-0.39, 0.29) is 11.2 Å². The van der Waals surface area contributed by atoms with E-state index in [9.17, 15) is 4.79 Å². The molecular weight excluding hydrogens is 252 g/mol. The second-order valence-corrected chi connectivity index (χ2v) is 4.77. The van der Waals surface area contributed by atoms with Crippen LogP contribution in [-0.4, -0.2) is 54.4 Å². The molecule has 6 heteroatoms. The summed E-state index contributed by atoms with van der Waals surface area (Å²) in [6.45, 7) is 5.74. The van der Waals surface area contributed by atoms with Gasteiger partial charge in [-0.15, -0.1) is 0 Å². The number of carbonyl (C=O) groups is 1. The quantitative estimate of drug-likeness (QED) is 0.582. The second-order valence-electron chi connectivity index (χ2n) is 4.42. The van der Waals surface area contributed by atoms with E-state index in [1.807, 2.05) is 21.0 Å². The highest BCUT2D eigenvalue weighted by Gasteiger charge is 2.20. The van der Waals surface area contributed by atoms with Crippen molar-refractivity contribution in [2.24, 2.45) is 0 Å². The van der Waals surface area contributed by atoms with Crippen molar-refractivity contribution in [3.8, 4) is 0 Å². The van der Waals surface area contributed by atoms with Gasteiger partial charge in [0, 0.05) is 19.1 Å². The molecule has 18 heavy (non-hydrogen) atoms. The molecule has 0 N–H and O–H groups in total. The van der Waals surface area contributed by atoms with Gasteiger partial charge in [0.15, 0.2) is 6.29 Å². The van der Waals surface area contributed by atoms with Crippen LogP contribution in [0.15, 0.2) is 6.33 Å². The molecule has 0 saturated heterocycles. The van der Waals surface area contributed by atoms with Crippen molar-refractivity contribution in [2.45, 2.75) is 19.9 Å². The van der Waals surface area contributed by atoms with Gasteiger partial charge in [0.05, 0.1) is 5.56 Å². The van der Waals surface area contributed by atoms with E-state index in [0.29, 0.717) is 17.7 Å². The number of nitrogens with zero attached hydrogens (tertiary/aromatic N) is 4. The fourth-order valence-corrected chi connectivity index (χ4v) is 2.17. The molecule has 5 nitrogen and oxygen atoms in total. The zero-order chi connectivity index (χ0) is 13.7. The van der Waals surface area contributed by atoms with Gasteiger partial charge in [0.1, 0.15) is 17.3 Å². The van der Waals surface area contributed by atoms with Gasteiger partial charge in [-0.2, -0.15) is 0 Å². The molecule has 1 unspecified atom stereocenters. The van der Waals surface area contributed by atoms with Crippen LogP contribution in [0.3, 0.4) is 0 Å². The molecule has 1 aromatic rings. The van der Waals surface area contributed by atoms with Crippen LogP contribution < -0.4 is 4.90 Å². The number of rotatable bonds is 6. The Morgan fingerprint density at radius 2 is 2.11 bits per heavy atom. The van der Waals surface area contributed by atoms with Crippen LogP contribution in [-0.2, 0) is 0 Å². The highest BCUT2D eigenvalue weighted by molar-refractivity contribution is 6.32. The van der Waals surface area contributed by atoms with E-state index in [4.69, 9.17) is 11.6 Å². The Bertz CT molecular complexity index is 411. The number of anilines is 1. The van der Waals surface area contributed by atoms with Crippen molar-refractivity contribution < 1.29 is 4.79 Å². The molecule has 0 fully saturated rings. The van der Waals surface area contributed by atoms with Gasteiger partial charge in [-0.3, -0.25) is 4.79 Å². The van der Waals surface area contributed by atoms with Gasteiger partial charge in [-0.05, 0) is 27.9 Å². The third-order valence-electron chi connectivity index (χ3n) is 2.71. The maximum absolute atomic E-state index is 11.1. The predicted molar refractivity (Wildman–Crippen MR) is 73.5 cm³/mol. The molecule has 1 rings (SSSR count). The van der Waals surface area contributed by atoms with Crippen molar-refractivity contribution in [1.82, 2.24) is 14.9 Å². The smallest absolute Gasteiger partial charge is 0.156 e. The Labute approximate surface area is 113 Å². The van der Waals surface area contributed by atoms with Crippen LogP contribution in [0.25, 0.3) is 0 Å². The fourth-order valence-electron chi connectivity index (χ4n) is 1.99. The lowest BCUT2D eigenvalue weighted by molar-refractivity contribution is 0.112. The average molecular weight is 271 g/mol. The fraction of sp³-hybridized carbons (Fsp3) is 0.583. The highest BCUT2D eigenvalue weighted by atomic mass is 35.5. The van der Waals surface area contributed by atoms with Crippen LogP contribution in [0.2, 0.25) is 5.15 Å². The molecule has 0 radical (unpaired) electrons. The van der Waals surface area contributed by atoms with Gasteiger partial charge in [-0.1, -0.05) is 11.6 Å². The molecule has 0 aliphatic heterocycles. The zero-order valence-electron chi connectivity index (χ0n) is 11.2. The number of aromatic nitrogens is 2. The molecule has 0 bridgehead atoms. The summed E-state index contributed by atoms with van der Waals surface area (Å²) < 4.78 is 0.